The van der Waals surface area contributed by atoms with Gasteiger partial charge in [0.15, 0.2) is 0 Å². The van der Waals surface area contributed by atoms with Crippen molar-refractivity contribution in [3.05, 3.63) is 59.7 Å². The summed E-state index contributed by atoms with van der Waals surface area (Å²) in [6.45, 7) is 1.10. The number of methoxy groups -OCH3 is 1. The van der Waals surface area contributed by atoms with Gasteiger partial charge in [0.25, 0.3) is 0 Å². The van der Waals surface area contributed by atoms with Gasteiger partial charge in [-0.15, -0.1) is 0 Å². The lowest BCUT2D eigenvalue weighted by molar-refractivity contribution is -0.176. The lowest BCUT2D eigenvalue weighted by Crippen LogP contribution is -2.69. The van der Waals surface area contributed by atoms with Crippen molar-refractivity contribution in [3.63, 3.8) is 0 Å². The van der Waals surface area contributed by atoms with Crippen molar-refractivity contribution in [1.82, 2.24) is 10.2 Å². The molecule has 2 aromatic carbocycles. The molecule has 0 saturated carbocycles. The van der Waals surface area contributed by atoms with Gasteiger partial charge in [0.2, 0.25) is 5.91 Å². The van der Waals surface area contributed by atoms with Crippen LogP contribution in [0.25, 0.3) is 11.1 Å². The van der Waals surface area contributed by atoms with Gasteiger partial charge >= 0.3 is 12.1 Å². The Kier molecular flexibility index (Phi) is 8.75. The molecule has 0 bridgehead atoms. The summed E-state index contributed by atoms with van der Waals surface area (Å²) in [6, 6.07) is 16.1. The Morgan fingerprint density at radius 3 is 2.27 bits per heavy atom. The van der Waals surface area contributed by atoms with Crippen LogP contribution in [0.1, 0.15) is 23.5 Å². The summed E-state index contributed by atoms with van der Waals surface area (Å²) in [5.74, 6) is -1.33. The summed E-state index contributed by atoms with van der Waals surface area (Å²) in [6.07, 6.45) is -0.435. The van der Waals surface area contributed by atoms with E-state index < -0.39 is 24.3 Å². The smallest absolute Gasteiger partial charge is 0.407 e. The molecule has 0 spiro atoms. The van der Waals surface area contributed by atoms with Crippen LogP contribution in [0.3, 0.4) is 0 Å². The molecule has 0 aromatic heterocycles. The Morgan fingerprint density at radius 1 is 1.00 bits per heavy atom. The standard InChI is InChI=1S/C27H32N2O8/c1-34-12-13-35-11-10-24(30)29-17-27(18-29,37-15-25(31)32)16-28-26(33)36-14-23-21-8-4-2-6-19(21)20-7-3-5-9-22(20)23/h2-9,23H,10-18H2,1H3,(H,28,33)(H,31,32). The minimum absolute atomic E-state index is 0.0189. The Hall–Kier alpha value is -3.47. The van der Waals surface area contributed by atoms with E-state index >= 15 is 0 Å². The molecular weight excluding hydrogens is 480 g/mol. The fraction of sp³-hybridized carbons (Fsp3) is 0.444. The zero-order valence-electron chi connectivity index (χ0n) is 20.8. The maximum absolute atomic E-state index is 12.6. The molecular formula is C27H32N2O8. The van der Waals surface area contributed by atoms with E-state index in [2.05, 4.69) is 17.4 Å². The molecule has 4 rings (SSSR count). The number of nitrogens with zero attached hydrogens (tertiary/aromatic N) is 1. The summed E-state index contributed by atoms with van der Waals surface area (Å²) in [4.78, 5) is 37.6. The van der Waals surface area contributed by atoms with E-state index in [1.165, 1.54) is 0 Å². The molecule has 37 heavy (non-hydrogen) atoms. The van der Waals surface area contributed by atoms with Crippen molar-refractivity contribution in [2.24, 2.45) is 0 Å². The van der Waals surface area contributed by atoms with E-state index in [9.17, 15) is 14.4 Å². The van der Waals surface area contributed by atoms with Crippen molar-refractivity contribution < 1.29 is 38.4 Å². The number of carboxylic acid groups (broad SMARTS) is 1. The van der Waals surface area contributed by atoms with Crippen LogP contribution in [0.15, 0.2) is 48.5 Å². The largest absolute Gasteiger partial charge is 0.480 e. The van der Waals surface area contributed by atoms with E-state index in [1.54, 1.807) is 12.0 Å². The predicted molar refractivity (Wildman–Crippen MR) is 133 cm³/mol. The topological polar surface area (TPSA) is 124 Å². The number of ether oxygens (including phenoxy) is 4. The zero-order chi connectivity index (χ0) is 26.3. The van der Waals surface area contributed by atoms with Gasteiger partial charge in [-0.25, -0.2) is 9.59 Å². The van der Waals surface area contributed by atoms with Gasteiger partial charge in [-0.1, -0.05) is 48.5 Å². The number of rotatable bonds is 13. The van der Waals surface area contributed by atoms with Crippen molar-refractivity contribution in [2.45, 2.75) is 17.9 Å². The summed E-state index contributed by atoms with van der Waals surface area (Å²) in [7, 11) is 1.57. The molecule has 2 aromatic rings. The fourth-order valence-electron chi connectivity index (χ4n) is 4.74. The second kappa shape index (κ2) is 12.2. The van der Waals surface area contributed by atoms with Crippen molar-refractivity contribution in [2.75, 3.05) is 59.8 Å². The van der Waals surface area contributed by atoms with Crippen LogP contribution in [0, 0.1) is 0 Å². The summed E-state index contributed by atoms with van der Waals surface area (Å²) in [5, 5.41) is 11.7. The second-order valence-corrected chi connectivity index (χ2v) is 9.15. The molecule has 1 aliphatic carbocycles. The molecule has 1 aliphatic heterocycles. The van der Waals surface area contributed by atoms with E-state index in [4.69, 9.17) is 24.1 Å². The number of benzene rings is 2. The summed E-state index contributed by atoms with van der Waals surface area (Å²) >= 11 is 0. The number of carbonyl (C=O) groups is 3. The molecule has 1 fully saturated rings. The molecule has 1 heterocycles. The number of likely N-dealkylation sites (tertiary alicyclic amines) is 1. The maximum atomic E-state index is 12.6. The molecule has 198 valence electrons. The van der Waals surface area contributed by atoms with E-state index in [0.29, 0.717) is 13.2 Å². The average molecular weight is 513 g/mol. The van der Waals surface area contributed by atoms with Gasteiger partial charge in [-0.05, 0) is 22.3 Å². The number of nitrogens with one attached hydrogen (secondary N) is 1. The molecule has 2 aliphatic rings. The van der Waals surface area contributed by atoms with Crippen LogP contribution in [0.5, 0.6) is 0 Å². The molecule has 0 radical (unpaired) electrons. The number of amides is 2. The monoisotopic (exact) mass is 512 g/mol. The van der Waals surface area contributed by atoms with Gasteiger partial charge in [0.05, 0.1) is 45.9 Å². The molecule has 2 N–H and O–H groups in total. The van der Waals surface area contributed by atoms with Crippen LogP contribution >= 0.6 is 0 Å². The lowest BCUT2D eigenvalue weighted by Gasteiger charge is -2.49. The highest BCUT2D eigenvalue weighted by Gasteiger charge is 2.47. The quantitative estimate of drug-likeness (QED) is 0.392. The van der Waals surface area contributed by atoms with Crippen LogP contribution in [-0.2, 0) is 28.5 Å². The van der Waals surface area contributed by atoms with Gasteiger partial charge in [-0.2, -0.15) is 0 Å². The Morgan fingerprint density at radius 2 is 1.65 bits per heavy atom. The van der Waals surface area contributed by atoms with Crippen LogP contribution in [-0.4, -0.2) is 93.4 Å². The number of carbonyl (C=O) groups excluding carboxylic acids is 2. The minimum atomic E-state index is -1.13. The average Bonchev–Trinajstić information content (AvgIpc) is 3.20. The number of aliphatic carboxylic acids is 1. The van der Waals surface area contributed by atoms with Crippen LogP contribution in [0.4, 0.5) is 4.79 Å². The number of hydrogen-bond donors (Lipinski definition) is 2. The third-order valence-corrected chi connectivity index (χ3v) is 6.60. The fourth-order valence-corrected chi connectivity index (χ4v) is 4.74. The zero-order valence-corrected chi connectivity index (χ0v) is 20.8. The van der Waals surface area contributed by atoms with Gasteiger partial charge in [0.1, 0.15) is 18.8 Å². The first-order valence-corrected chi connectivity index (χ1v) is 12.2. The van der Waals surface area contributed by atoms with Crippen LogP contribution in [0.2, 0.25) is 0 Å². The Labute approximate surface area is 215 Å². The number of alkyl carbamates (subject to hydrolysis) is 1. The number of carboxylic acids is 1. The number of hydrogen-bond acceptors (Lipinski definition) is 7. The normalized spacial score (nSPS) is 15.4. The lowest BCUT2D eigenvalue weighted by atomic mass is 9.93. The molecule has 2 amide bonds. The minimum Gasteiger partial charge on any atom is -0.480 e. The maximum Gasteiger partial charge on any atom is 0.407 e. The molecule has 10 heteroatoms. The third kappa shape index (κ3) is 6.46. The first kappa shape index (κ1) is 26.6. The van der Waals surface area contributed by atoms with E-state index in [0.717, 1.165) is 22.3 Å². The summed E-state index contributed by atoms with van der Waals surface area (Å²) < 4.78 is 21.4. The van der Waals surface area contributed by atoms with Crippen molar-refractivity contribution >= 4 is 18.0 Å². The van der Waals surface area contributed by atoms with Gasteiger partial charge in [0, 0.05) is 13.0 Å². The highest BCUT2D eigenvalue weighted by molar-refractivity contribution is 5.79. The SMILES string of the molecule is COCCOCCC(=O)N1CC(CNC(=O)OCC2c3ccccc3-c3ccccc32)(OCC(=O)O)C1. The first-order valence-electron chi connectivity index (χ1n) is 12.2. The first-order chi connectivity index (χ1) is 17.9. The molecule has 1 saturated heterocycles. The second-order valence-electron chi connectivity index (χ2n) is 9.15. The molecule has 0 atom stereocenters. The third-order valence-electron chi connectivity index (χ3n) is 6.60. The van der Waals surface area contributed by atoms with Gasteiger partial charge < -0.3 is 34.3 Å². The van der Waals surface area contributed by atoms with Crippen molar-refractivity contribution in [3.8, 4) is 11.1 Å². The van der Waals surface area contributed by atoms with E-state index in [1.807, 2.05) is 36.4 Å². The van der Waals surface area contributed by atoms with Gasteiger partial charge in [-0.3, -0.25) is 4.79 Å². The van der Waals surface area contributed by atoms with E-state index in [-0.39, 0.29) is 51.1 Å². The Bertz CT molecular complexity index is 1070. The van der Waals surface area contributed by atoms with Crippen LogP contribution < -0.4 is 5.32 Å². The highest BCUT2D eigenvalue weighted by atomic mass is 16.6. The van der Waals surface area contributed by atoms with Crippen molar-refractivity contribution in [1.29, 1.82) is 0 Å². The Balaban J connectivity index is 1.28. The molecule has 0 unspecified atom stereocenters. The predicted octanol–water partition coefficient (Wildman–Crippen LogP) is 2.26. The molecule has 10 nitrogen and oxygen atoms in total. The highest BCUT2D eigenvalue weighted by Crippen LogP contribution is 2.44. The number of fused-ring (bicyclic) bond motifs is 3. The summed E-state index contributed by atoms with van der Waals surface area (Å²) in [5.41, 5.74) is 3.50.